The lowest BCUT2D eigenvalue weighted by Gasteiger charge is -2.13. The molecule has 2 N–H and O–H groups in total. The lowest BCUT2D eigenvalue weighted by atomic mass is 10.1. The van der Waals surface area contributed by atoms with Gasteiger partial charge in [0.2, 0.25) is 0 Å². The largest absolute Gasteiger partial charge is 0.389 e. The Morgan fingerprint density at radius 3 is 2.23 bits per heavy atom. The van der Waals surface area contributed by atoms with Crippen LogP contribution in [0.3, 0.4) is 0 Å². The summed E-state index contributed by atoms with van der Waals surface area (Å²) >= 11 is 0. The van der Waals surface area contributed by atoms with Gasteiger partial charge in [-0.15, -0.1) is 0 Å². The molecule has 2 aromatic carbocycles. The first-order valence-corrected chi connectivity index (χ1v) is 8.49. The van der Waals surface area contributed by atoms with Crippen LogP contribution in [0.1, 0.15) is 49.0 Å². The summed E-state index contributed by atoms with van der Waals surface area (Å²) in [5.41, 5.74) is 1.34. The first-order valence-electron chi connectivity index (χ1n) is 8.49. The molecule has 0 fully saturated rings. The van der Waals surface area contributed by atoms with Crippen molar-refractivity contribution in [3.05, 3.63) is 70.1 Å². The summed E-state index contributed by atoms with van der Waals surface area (Å²) < 4.78 is 1.33. The van der Waals surface area contributed by atoms with Crippen LogP contribution < -0.4 is 10.9 Å². The molecule has 6 nitrogen and oxygen atoms in total. The van der Waals surface area contributed by atoms with Crippen LogP contribution in [0.2, 0.25) is 0 Å². The minimum atomic E-state index is -0.569. The Bertz CT molecular complexity index is 1000. The van der Waals surface area contributed by atoms with Gasteiger partial charge < -0.3 is 10.4 Å². The van der Waals surface area contributed by atoms with E-state index in [1.165, 1.54) is 4.68 Å². The van der Waals surface area contributed by atoms with Crippen molar-refractivity contribution in [3.8, 4) is 0 Å². The van der Waals surface area contributed by atoms with Gasteiger partial charge in [0.25, 0.3) is 11.5 Å². The Labute approximate surface area is 151 Å². The topological polar surface area (TPSA) is 84.2 Å². The summed E-state index contributed by atoms with van der Waals surface area (Å²) in [6.45, 7) is 5.37. The van der Waals surface area contributed by atoms with E-state index in [2.05, 4.69) is 10.4 Å². The molecule has 0 saturated heterocycles. The number of fused-ring (bicyclic) bond motifs is 1. The van der Waals surface area contributed by atoms with Crippen LogP contribution >= 0.6 is 0 Å². The van der Waals surface area contributed by atoms with Gasteiger partial charge in [0.05, 0.1) is 17.5 Å². The van der Waals surface area contributed by atoms with Crippen LogP contribution in [0.25, 0.3) is 10.8 Å². The zero-order valence-electron chi connectivity index (χ0n) is 14.9. The van der Waals surface area contributed by atoms with Crippen LogP contribution in [0.4, 0.5) is 5.69 Å². The Balaban J connectivity index is 2.02. The normalized spacial score (nSPS) is 12.3. The number of benzene rings is 2. The van der Waals surface area contributed by atoms with Gasteiger partial charge in [0, 0.05) is 11.1 Å². The molecule has 26 heavy (non-hydrogen) atoms. The highest BCUT2D eigenvalue weighted by Crippen LogP contribution is 2.19. The van der Waals surface area contributed by atoms with Crippen molar-refractivity contribution in [2.45, 2.75) is 32.9 Å². The zero-order valence-corrected chi connectivity index (χ0v) is 14.9. The minimum absolute atomic E-state index is 0.163. The number of amides is 1. The van der Waals surface area contributed by atoms with E-state index in [9.17, 15) is 14.7 Å². The fourth-order valence-corrected chi connectivity index (χ4v) is 2.76. The first-order chi connectivity index (χ1) is 12.4. The molecule has 1 amide bonds. The van der Waals surface area contributed by atoms with E-state index in [0.29, 0.717) is 16.5 Å². The molecule has 6 heteroatoms. The Morgan fingerprint density at radius 2 is 1.65 bits per heavy atom. The number of rotatable bonds is 4. The van der Waals surface area contributed by atoms with E-state index < -0.39 is 6.10 Å². The first kappa shape index (κ1) is 17.8. The van der Waals surface area contributed by atoms with Crippen LogP contribution in [0.5, 0.6) is 0 Å². The lowest BCUT2D eigenvalue weighted by Crippen LogP contribution is -2.28. The number of nitrogens with one attached hydrogen (secondary N) is 1. The van der Waals surface area contributed by atoms with Crippen molar-refractivity contribution in [2.24, 2.45) is 0 Å². The summed E-state index contributed by atoms with van der Waals surface area (Å²) in [4.78, 5) is 25.3. The molecule has 1 unspecified atom stereocenters. The molecule has 0 aliphatic rings. The van der Waals surface area contributed by atoms with Crippen LogP contribution in [0.15, 0.2) is 53.3 Å². The molecule has 0 saturated carbocycles. The molecule has 1 atom stereocenters. The molecular weight excluding hydrogens is 330 g/mol. The molecule has 3 aromatic rings. The Morgan fingerprint density at radius 1 is 1.04 bits per heavy atom. The number of nitrogens with zero attached hydrogens (tertiary/aromatic N) is 2. The monoisotopic (exact) mass is 351 g/mol. The summed E-state index contributed by atoms with van der Waals surface area (Å²) in [7, 11) is 0. The third-order valence-electron chi connectivity index (χ3n) is 4.18. The van der Waals surface area contributed by atoms with Gasteiger partial charge in [-0.05, 0) is 44.5 Å². The number of aromatic nitrogens is 2. The maximum absolute atomic E-state index is 12.8. The SMILES string of the molecule is CC(O)c1ccc(NC(=O)c2nn(C(C)C)c(=O)c3ccccc23)cc1. The molecule has 3 rings (SSSR count). The number of hydrogen-bond acceptors (Lipinski definition) is 4. The molecule has 1 heterocycles. The van der Waals surface area contributed by atoms with Gasteiger partial charge in [-0.2, -0.15) is 5.10 Å². The maximum Gasteiger partial charge on any atom is 0.276 e. The fraction of sp³-hybridized carbons (Fsp3) is 0.250. The number of hydrogen-bond donors (Lipinski definition) is 2. The standard InChI is InChI=1S/C20H21N3O3/c1-12(2)23-20(26)17-7-5-4-6-16(17)18(22-23)19(25)21-15-10-8-14(9-11-15)13(3)24/h4-13,24H,1-3H3,(H,21,25). The van der Waals surface area contributed by atoms with Gasteiger partial charge in [-0.1, -0.05) is 30.3 Å². The highest BCUT2D eigenvalue weighted by molar-refractivity contribution is 6.11. The molecule has 0 radical (unpaired) electrons. The smallest absolute Gasteiger partial charge is 0.276 e. The second kappa shape index (κ2) is 7.09. The number of anilines is 1. The third-order valence-corrected chi connectivity index (χ3v) is 4.18. The Kier molecular flexibility index (Phi) is 4.86. The average Bonchev–Trinajstić information content (AvgIpc) is 2.62. The zero-order chi connectivity index (χ0) is 18.8. The van der Waals surface area contributed by atoms with Gasteiger partial charge in [0.15, 0.2) is 5.69 Å². The number of carbonyl (C=O) groups excluding carboxylic acids is 1. The van der Waals surface area contributed by atoms with E-state index in [0.717, 1.165) is 5.56 Å². The molecule has 1 aromatic heterocycles. The van der Waals surface area contributed by atoms with Gasteiger partial charge in [-0.3, -0.25) is 9.59 Å². The molecule has 0 bridgehead atoms. The summed E-state index contributed by atoms with van der Waals surface area (Å²) in [5, 5.41) is 17.7. The van der Waals surface area contributed by atoms with Gasteiger partial charge >= 0.3 is 0 Å². The fourth-order valence-electron chi connectivity index (χ4n) is 2.76. The molecule has 0 aliphatic heterocycles. The average molecular weight is 351 g/mol. The lowest BCUT2D eigenvalue weighted by molar-refractivity contribution is 0.102. The van der Waals surface area contributed by atoms with Crippen molar-refractivity contribution in [3.63, 3.8) is 0 Å². The summed E-state index contributed by atoms with van der Waals surface area (Å²) in [5.74, 6) is -0.389. The molecule has 134 valence electrons. The maximum atomic E-state index is 12.8. The van der Waals surface area contributed by atoms with Crippen molar-refractivity contribution >= 4 is 22.4 Å². The predicted octanol–water partition coefficient (Wildman–Crippen LogP) is 3.28. The van der Waals surface area contributed by atoms with Crippen molar-refractivity contribution in [1.29, 1.82) is 0 Å². The number of carbonyl (C=O) groups is 1. The second-order valence-corrected chi connectivity index (χ2v) is 6.49. The number of aliphatic hydroxyl groups excluding tert-OH is 1. The van der Waals surface area contributed by atoms with E-state index in [1.54, 1.807) is 55.5 Å². The van der Waals surface area contributed by atoms with Crippen LogP contribution in [0, 0.1) is 0 Å². The minimum Gasteiger partial charge on any atom is -0.389 e. The quantitative estimate of drug-likeness (QED) is 0.755. The third kappa shape index (κ3) is 3.36. The second-order valence-electron chi connectivity index (χ2n) is 6.49. The molecule has 0 aliphatic carbocycles. The predicted molar refractivity (Wildman–Crippen MR) is 101 cm³/mol. The van der Waals surface area contributed by atoms with Gasteiger partial charge in [0.1, 0.15) is 0 Å². The number of aliphatic hydroxyl groups is 1. The van der Waals surface area contributed by atoms with Crippen LogP contribution in [-0.2, 0) is 0 Å². The van der Waals surface area contributed by atoms with E-state index >= 15 is 0 Å². The van der Waals surface area contributed by atoms with Crippen molar-refractivity contribution in [2.75, 3.05) is 5.32 Å². The summed E-state index contributed by atoms with van der Waals surface area (Å²) in [6.07, 6.45) is -0.569. The summed E-state index contributed by atoms with van der Waals surface area (Å²) in [6, 6.07) is 13.8. The molecule has 0 spiro atoms. The van der Waals surface area contributed by atoms with E-state index in [-0.39, 0.29) is 23.2 Å². The highest BCUT2D eigenvalue weighted by atomic mass is 16.3. The van der Waals surface area contributed by atoms with E-state index in [4.69, 9.17) is 0 Å². The van der Waals surface area contributed by atoms with E-state index in [1.807, 2.05) is 13.8 Å². The van der Waals surface area contributed by atoms with Crippen molar-refractivity contribution < 1.29 is 9.90 Å². The highest BCUT2D eigenvalue weighted by Gasteiger charge is 2.18. The molecular formula is C20H21N3O3. The van der Waals surface area contributed by atoms with Crippen LogP contribution in [-0.4, -0.2) is 20.8 Å². The van der Waals surface area contributed by atoms with Gasteiger partial charge in [-0.25, -0.2) is 4.68 Å². The Hall–Kier alpha value is -2.99. The van der Waals surface area contributed by atoms with Crippen molar-refractivity contribution in [1.82, 2.24) is 9.78 Å².